The molecule has 1 rings (SSSR count). The smallest absolute Gasteiger partial charge is 0.410 e. The molecule has 0 aromatic rings. The van der Waals surface area contributed by atoms with E-state index in [1.165, 1.54) is 0 Å². The van der Waals surface area contributed by atoms with Crippen LogP contribution in [0.1, 0.15) is 60.3 Å². The molecular weight excluding hydrogens is 346 g/mol. The molecule has 0 aliphatic carbocycles. The van der Waals surface area contributed by atoms with Gasteiger partial charge in [0, 0.05) is 34.0 Å². The number of esters is 1. The van der Waals surface area contributed by atoms with Crippen LogP contribution in [0.2, 0.25) is 25.7 Å². The summed E-state index contributed by atoms with van der Waals surface area (Å²) in [5, 5.41) is 0. The molecule has 0 atom stereocenters. The predicted molar refractivity (Wildman–Crippen MR) is 108 cm³/mol. The van der Waals surface area contributed by atoms with Gasteiger partial charge in [-0.25, -0.2) is 4.79 Å². The van der Waals surface area contributed by atoms with Gasteiger partial charge in [0.1, 0.15) is 11.7 Å². The monoisotopic (exact) mass is 385 g/mol. The molecule has 1 saturated heterocycles. The maximum atomic E-state index is 12.5. The summed E-state index contributed by atoms with van der Waals surface area (Å²) < 4.78 is 11.4. The third-order valence-corrected chi connectivity index (χ3v) is 7.00. The molecule has 1 heterocycles. The second-order valence-electron chi connectivity index (χ2n) is 10.0. The summed E-state index contributed by atoms with van der Waals surface area (Å²) in [5.74, 6) is -0.145. The van der Waals surface area contributed by atoms with E-state index in [0.29, 0.717) is 25.9 Å². The Balaban J connectivity index is 2.45. The van der Waals surface area contributed by atoms with E-state index < -0.39 is 19.1 Å². The highest BCUT2D eigenvalue weighted by Gasteiger charge is 2.33. The van der Waals surface area contributed by atoms with Gasteiger partial charge in [0.05, 0.1) is 5.41 Å². The van der Waals surface area contributed by atoms with Crippen molar-refractivity contribution in [2.24, 2.45) is 5.41 Å². The minimum absolute atomic E-state index is 0.0997. The fourth-order valence-electron chi connectivity index (χ4n) is 2.64. The molecule has 152 valence electrons. The highest BCUT2D eigenvalue weighted by Crippen LogP contribution is 2.26. The van der Waals surface area contributed by atoms with Gasteiger partial charge in [0.2, 0.25) is 0 Å². The van der Waals surface area contributed by atoms with Gasteiger partial charge in [0.25, 0.3) is 0 Å². The lowest BCUT2D eigenvalue weighted by molar-refractivity contribution is -0.161. The van der Waals surface area contributed by atoms with E-state index in [0.717, 1.165) is 18.9 Å². The Bertz CT molecular complexity index is 489. The first-order valence-electron chi connectivity index (χ1n) is 9.95. The first kappa shape index (κ1) is 23.0. The zero-order valence-corrected chi connectivity index (χ0v) is 19.1. The van der Waals surface area contributed by atoms with Crippen molar-refractivity contribution in [1.82, 2.24) is 4.90 Å². The minimum atomic E-state index is -1.15. The molecule has 5 nitrogen and oxygen atoms in total. The minimum Gasteiger partial charge on any atom is -0.462 e. The number of carbonyl (C=O) groups excluding carboxylic acids is 2. The highest BCUT2D eigenvalue weighted by atomic mass is 28.3. The van der Waals surface area contributed by atoms with Crippen LogP contribution in [0.5, 0.6) is 0 Å². The number of amides is 1. The van der Waals surface area contributed by atoms with Gasteiger partial charge in [-0.05, 0) is 40.5 Å². The largest absolute Gasteiger partial charge is 0.462 e. The van der Waals surface area contributed by atoms with Crippen LogP contribution >= 0.6 is 0 Å². The molecular formula is C20H39NO4Si. The molecule has 0 bridgehead atoms. The molecule has 1 amide bonds. The van der Waals surface area contributed by atoms with Gasteiger partial charge < -0.3 is 14.4 Å². The molecule has 6 heteroatoms. The van der Waals surface area contributed by atoms with Crippen molar-refractivity contribution in [2.45, 2.75) is 97.7 Å². The van der Waals surface area contributed by atoms with Gasteiger partial charge in [-0.3, -0.25) is 4.79 Å². The molecule has 0 aromatic heterocycles. The number of hydrogen-bond acceptors (Lipinski definition) is 4. The molecule has 1 aliphatic rings. The number of hydrogen-bond donors (Lipinski definition) is 0. The summed E-state index contributed by atoms with van der Waals surface area (Å²) in [6.45, 7) is 17.9. The average molecular weight is 386 g/mol. The predicted octanol–water partition coefficient (Wildman–Crippen LogP) is 5.07. The second kappa shape index (κ2) is 8.76. The molecule has 0 unspecified atom stereocenters. The van der Waals surface area contributed by atoms with Crippen LogP contribution < -0.4 is 0 Å². The molecule has 1 fully saturated rings. The van der Waals surface area contributed by atoms with Crippen LogP contribution in [0, 0.1) is 5.41 Å². The number of carbonyl (C=O) groups is 2. The summed E-state index contributed by atoms with van der Waals surface area (Å²) in [6.07, 6.45) is 2.66. The van der Waals surface area contributed by atoms with E-state index in [9.17, 15) is 9.59 Å². The fourth-order valence-corrected chi connectivity index (χ4v) is 3.99. The highest BCUT2D eigenvalue weighted by molar-refractivity contribution is 6.76. The molecule has 0 N–H and O–H groups in total. The number of likely N-dealkylation sites (tertiary alicyclic amines) is 1. The van der Waals surface area contributed by atoms with Crippen LogP contribution in [0.25, 0.3) is 0 Å². The topological polar surface area (TPSA) is 55.8 Å². The van der Waals surface area contributed by atoms with E-state index in [1.807, 2.05) is 34.6 Å². The van der Waals surface area contributed by atoms with Crippen LogP contribution in [0.15, 0.2) is 0 Å². The van der Waals surface area contributed by atoms with Crippen LogP contribution in [-0.2, 0) is 14.3 Å². The van der Waals surface area contributed by atoms with Gasteiger partial charge in [-0.1, -0.05) is 32.6 Å². The summed E-state index contributed by atoms with van der Waals surface area (Å²) in [7, 11) is -1.15. The lowest BCUT2D eigenvalue weighted by atomic mass is 9.90. The average Bonchev–Trinajstić information content (AvgIpc) is 2.52. The maximum Gasteiger partial charge on any atom is 0.410 e. The summed E-state index contributed by atoms with van der Waals surface area (Å²) >= 11 is 0. The van der Waals surface area contributed by atoms with Crippen molar-refractivity contribution >= 4 is 20.1 Å². The lowest BCUT2D eigenvalue weighted by Crippen LogP contribution is -2.45. The summed E-state index contributed by atoms with van der Waals surface area (Å²) in [4.78, 5) is 26.4. The second-order valence-corrected chi connectivity index (χ2v) is 15.6. The standard InChI is InChI=1S/C20H39NO4Si/c1-9-19(2,3)17(22)24-16-10-13-21(14-11-16)18(23)25-20(4,5)12-15-26(6,7)8/h16H,9-15H2,1-8H3. The normalized spacial score (nSPS) is 17.2. The number of ether oxygens (including phenoxy) is 2. The van der Waals surface area contributed by atoms with E-state index in [-0.39, 0.29) is 18.2 Å². The lowest BCUT2D eigenvalue weighted by Gasteiger charge is -2.35. The van der Waals surface area contributed by atoms with Crippen molar-refractivity contribution < 1.29 is 19.1 Å². The number of piperidine rings is 1. The van der Waals surface area contributed by atoms with Gasteiger partial charge in [-0.15, -0.1) is 0 Å². The molecule has 0 radical (unpaired) electrons. The summed E-state index contributed by atoms with van der Waals surface area (Å²) in [6, 6.07) is 1.14. The van der Waals surface area contributed by atoms with Gasteiger partial charge >= 0.3 is 12.1 Å². The quantitative estimate of drug-likeness (QED) is 0.453. The molecule has 0 saturated carbocycles. The Morgan fingerprint density at radius 1 is 1.08 bits per heavy atom. The van der Waals surface area contributed by atoms with E-state index >= 15 is 0 Å². The van der Waals surface area contributed by atoms with E-state index in [1.54, 1.807) is 4.90 Å². The maximum absolute atomic E-state index is 12.5. The first-order chi connectivity index (χ1) is 11.8. The Labute approximate surface area is 160 Å². The summed E-state index contributed by atoms with van der Waals surface area (Å²) in [5.41, 5.74) is -0.887. The first-order valence-corrected chi connectivity index (χ1v) is 13.7. The van der Waals surface area contributed by atoms with Crippen molar-refractivity contribution in [3.8, 4) is 0 Å². The Morgan fingerprint density at radius 2 is 1.62 bits per heavy atom. The van der Waals surface area contributed by atoms with E-state index in [2.05, 4.69) is 19.6 Å². The van der Waals surface area contributed by atoms with Crippen molar-refractivity contribution in [3.63, 3.8) is 0 Å². The molecule has 0 spiro atoms. The third kappa shape index (κ3) is 7.68. The Hall–Kier alpha value is -1.04. The van der Waals surface area contributed by atoms with E-state index in [4.69, 9.17) is 9.47 Å². The Morgan fingerprint density at radius 3 is 2.08 bits per heavy atom. The van der Waals surface area contributed by atoms with Crippen LogP contribution in [-0.4, -0.2) is 49.8 Å². The molecule has 26 heavy (non-hydrogen) atoms. The number of nitrogens with zero attached hydrogens (tertiary/aromatic N) is 1. The van der Waals surface area contributed by atoms with Crippen LogP contribution in [0.4, 0.5) is 4.79 Å². The third-order valence-electron chi connectivity index (χ3n) is 5.25. The Kier molecular flexibility index (Phi) is 7.75. The van der Waals surface area contributed by atoms with Gasteiger partial charge in [0.15, 0.2) is 0 Å². The fraction of sp³-hybridized carbons (Fsp3) is 0.900. The van der Waals surface area contributed by atoms with Crippen molar-refractivity contribution in [2.75, 3.05) is 13.1 Å². The van der Waals surface area contributed by atoms with Crippen molar-refractivity contribution in [3.05, 3.63) is 0 Å². The van der Waals surface area contributed by atoms with Gasteiger partial charge in [-0.2, -0.15) is 0 Å². The molecule has 0 aromatic carbocycles. The van der Waals surface area contributed by atoms with Crippen LogP contribution in [0.3, 0.4) is 0 Å². The SMILES string of the molecule is CCC(C)(C)C(=O)OC1CCN(C(=O)OC(C)(C)CC[Si](C)(C)C)CC1. The number of rotatable bonds is 7. The zero-order chi connectivity index (χ0) is 20.2. The van der Waals surface area contributed by atoms with Crippen molar-refractivity contribution in [1.29, 1.82) is 0 Å². The molecule has 1 aliphatic heterocycles. The zero-order valence-electron chi connectivity index (χ0n) is 18.1.